The molecule has 52 valence electrons. The molecular weight excluding hydrogens is 112 g/mol. The van der Waals surface area contributed by atoms with Crippen LogP contribution in [0.4, 0.5) is 0 Å². The Labute approximate surface area is 57.0 Å². The second kappa shape index (κ2) is 7.44. The van der Waals surface area contributed by atoms with Crippen LogP contribution >= 0.6 is 0 Å². The Balaban J connectivity index is 2.82. The molecule has 0 unspecified atom stereocenters. The number of hydrogen-bond donors (Lipinski definition) is 0. The average molecular weight is 126 g/mol. The maximum atomic E-state index is 5.12. The monoisotopic (exact) mass is 126 g/mol. The first-order valence-corrected chi connectivity index (χ1v) is 3.21. The van der Waals surface area contributed by atoms with E-state index in [0.29, 0.717) is 6.61 Å². The zero-order chi connectivity index (χ0) is 6.95. The Morgan fingerprint density at radius 3 is 2.89 bits per heavy atom. The van der Waals surface area contributed by atoms with Gasteiger partial charge in [-0.05, 0) is 13.3 Å². The Morgan fingerprint density at radius 2 is 2.33 bits per heavy atom. The standard InChI is InChI=1S/C8H14O/c1-3-5-6-8-9-7-4-2/h3-5H,2,6-8H2,1H3. The third-order valence-electron chi connectivity index (χ3n) is 0.900. The SMILES string of the molecule is C=CCOCCC=CC. The van der Waals surface area contributed by atoms with Crippen molar-refractivity contribution in [2.45, 2.75) is 13.3 Å². The van der Waals surface area contributed by atoms with Crippen LogP contribution in [-0.4, -0.2) is 13.2 Å². The van der Waals surface area contributed by atoms with Crippen LogP contribution in [0, 0.1) is 0 Å². The summed E-state index contributed by atoms with van der Waals surface area (Å²) in [5.74, 6) is 0. The number of rotatable bonds is 5. The van der Waals surface area contributed by atoms with E-state index in [0.717, 1.165) is 13.0 Å². The van der Waals surface area contributed by atoms with E-state index in [9.17, 15) is 0 Å². The quantitative estimate of drug-likeness (QED) is 0.405. The average Bonchev–Trinajstić information content (AvgIpc) is 1.89. The van der Waals surface area contributed by atoms with Crippen molar-refractivity contribution in [3.8, 4) is 0 Å². The molecule has 0 radical (unpaired) electrons. The molecule has 1 nitrogen and oxygen atoms in total. The van der Waals surface area contributed by atoms with Gasteiger partial charge in [0.25, 0.3) is 0 Å². The van der Waals surface area contributed by atoms with Crippen LogP contribution in [0.3, 0.4) is 0 Å². The lowest BCUT2D eigenvalue weighted by Gasteiger charge is -1.94. The lowest BCUT2D eigenvalue weighted by atomic mass is 10.4. The second-order valence-corrected chi connectivity index (χ2v) is 1.72. The van der Waals surface area contributed by atoms with Gasteiger partial charge in [-0.25, -0.2) is 0 Å². The maximum absolute atomic E-state index is 5.12. The number of ether oxygens (including phenoxy) is 1. The lowest BCUT2D eigenvalue weighted by molar-refractivity contribution is 0.167. The van der Waals surface area contributed by atoms with Crippen molar-refractivity contribution in [2.75, 3.05) is 13.2 Å². The van der Waals surface area contributed by atoms with Gasteiger partial charge in [0.1, 0.15) is 0 Å². The molecule has 0 aromatic carbocycles. The van der Waals surface area contributed by atoms with Crippen LogP contribution in [-0.2, 0) is 4.74 Å². The van der Waals surface area contributed by atoms with Crippen molar-refractivity contribution < 1.29 is 4.74 Å². The molecule has 9 heavy (non-hydrogen) atoms. The van der Waals surface area contributed by atoms with Crippen LogP contribution in [0.25, 0.3) is 0 Å². The molecule has 0 heterocycles. The summed E-state index contributed by atoms with van der Waals surface area (Å²) in [6.07, 6.45) is 6.88. The topological polar surface area (TPSA) is 9.23 Å². The summed E-state index contributed by atoms with van der Waals surface area (Å²) >= 11 is 0. The zero-order valence-electron chi connectivity index (χ0n) is 5.97. The van der Waals surface area contributed by atoms with Gasteiger partial charge in [-0.3, -0.25) is 0 Å². The van der Waals surface area contributed by atoms with Crippen LogP contribution in [0.1, 0.15) is 13.3 Å². The molecule has 0 spiro atoms. The van der Waals surface area contributed by atoms with Gasteiger partial charge in [0.15, 0.2) is 0 Å². The highest BCUT2D eigenvalue weighted by Crippen LogP contribution is 1.84. The van der Waals surface area contributed by atoms with Crippen molar-refractivity contribution >= 4 is 0 Å². The highest BCUT2D eigenvalue weighted by atomic mass is 16.5. The number of hydrogen-bond acceptors (Lipinski definition) is 1. The molecule has 0 amide bonds. The van der Waals surface area contributed by atoms with Gasteiger partial charge < -0.3 is 4.74 Å². The fourth-order valence-electron chi connectivity index (χ4n) is 0.485. The van der Waals surface area contributed by atoms with E-state index in [1.54, 1.807) is 6.08 Å². The predicted octanol–water partition coefficient (Wildman–Crippen LogP) is 2.16. The minimum atomic E-state index is 0.664. The smallest absolute Gasteiger partial charge is 0.0644 e. The molecule has 0 aromatic heterocycles. The summed E-state index contributed by atoms with van der Waals surface area (Å²) in [5, 5.41) is 0. The van der Waals surface area contributed by atoms with Crippen LogP contribution in [0.2, 0.25) is 0 Å². The van der Waals surface area contributed by atoms with E-state index in [2.05, 4.69) is 12.7 Å². The molecule has 0 saturated heterocycles. The van der Waals surface area contributed by atoms with Crippen molar-refractivity contribution in [1.29, 1.82) is 0 Å². The van der Waals surface area contributed by atoms with Gasteiger partial charge in [-0.15, -0.1) is 6.58 Å². The molecule has 0 saturated carbocycles. The van der Waals surface area contributed by atoms with Crippen molar-refractivity contribution in [2.24, 2.45) is 0 Å². The van der Waals surface area contributed by atoms with E-state index in [4.69, 9.17) is 4.74 Å². The van der Waals surface area contributed by atoms with E-state index < -0.39 is 0 Å². The molecule has 0 fully saturated rings. The molecule has 0 aromatic rings. The summed E-state index contributed by atoms with van der Waals surface area (Å²) < 4.78 is 5.12. The largest absolute Gasteiger partial charge is 0.377 e. The van der Waals surface area contributed by atoms with E-state index in [-0.39, 0.29) is 0 Å². The molecule has 0 N–H and O–H groups in total. The van der Waals surface area contributed by atoms with Gasteiger partial charge in [-0.2, -0.15) is 0 Å². The van der Waals surface area contributed by atoms with Gasteiger partial charge in [-0.1, -0.05) is 18.2 Å². The van der Waals surface area contributed by atoms with Crippen LogP contribution < -0.4 is 0 Å². The molecule has 0 aliphatic carbocycles. The van der Waals surface area contributed by atoms with E-state index >= 15 is 0 Å². The van der Waals surface area contributed by atoms with Crippen molar-refractivity contribution in [1.82, 2.24) is 0 Å². The van der Waals surface area contributed by atoms with Crippen LogP contribution in [0.15, 0.2) is 24.8 Å². The molecule has 0 bridgehead atoms. The fraction of sp³-hybridized carbons (Fsp3) is 0.500. The number of allylic oxidation sites excluding steroid dienone is 1. The highest BCUT2D eigenvalue weighted by molar-refractivity contribution is 4.76. The van der Waals surface area contributed by atoms with E-state index in [1.165, 1.54) is 0 Å². The second-order valence-electron chi connectivity index (χ2n) is 1.72. The van der Waals surface area contributed by atoms with Gasteiger partial charge >= 0.3 is 0 Å². The van der Waals surface area contributed by atoms with Gasteiger partial charge in [0, 0.05) is 0 Å². The minimum absolute atomic E-state index is 0.664. The molecule has 0 atom stereocenters. The summed E-state index contributed by atoms with van der Waals surface area (Å²) in [4.78, 5) is 0. The first kappa shape index (κ1) is 8.44. The summed E-state index contributed by atoms with van der Waals surface area (Å²) in [6, 6.07) is 0. The lowest BCUT2D eigenvalue weighted by Crippen LogP contribution is -1.91. The Hall–Kier alpha value is -0.560. The van der Waals surface area contributed by atoms with Crippen LogP contribution in [0.5, 0.6) is 0 Å². The predicted molar refractivity (Wildman–Crippen MR) is 40.4 cm³/mol. The van der Waals surface area contributed by atoms with E-state index in [1.807, 2.05) is 13.0 Å². The Morgan fingerprint density at radius 1 is 1.56 bits per heavy atom. The molecule has 0 rings (SSSR count). The molecular formula is C8H14O. The minimum Gasteiger partial charge on any atom is -0.377 e. The highest BCUT2D eigenvalue weighted by Gasteiger charge is 1.78. The summed E-state index contributed by atoms with van der Waals surface area (Å²) in [7, 11) is 0. The Bertz CT molecular complexity index is 84.6. The zero-order valence-corrected chi connectivity index (χ0v) is 5.97. The fourth-order valence-corrected chi connectivity index (χ4v) is 0.485. The third-order valence-corrected chi connectivity index (χ3v) is 0.900. The first-order chi connectivity index (χ1) is 4.41. The van der Waals surface area contributed by atoms with Gasteiger partial charge in [0.05, 0.1) is 13.2 Å². The van der Waals surface area contributed by atoms with Gasteiger partial charge in [0.2, 0.25) is 0 Å². The first-order valence-electron chi connectivity index (χ1n) is 3.21. The summed E-state index contributed by atoms with van der Waals surface area (Å²) in [6.45, 7) is 7.01. The Kier molecular flexibility index (Phi) is 6.98. The molecule has 1 heteroatoms. The van der Waals surface area contributed by atoms with Crippen molar-refractivity contribution in [3.05, 3.63) is 24.8 Å². The van der Waals surface area contributed by atoms with Crippen molar-refractivity contribution in [3.63, 3.8) is 0 Å². The maximum Gasteiger partial charge on any atom is 0.0644 e. The summed E-state index contributed by atoms with van der Waals surface area (Å²) in [5.41, 5.74) is 0. The normalized spacial score (nSPS) is 10.3. The molecule has 0 aliphatic rings. The molecule has 0 aliphatic heterocycles. The third kappa shape index (κ3) is 7.44.